The number of amides is 2. The lowest BCUT2D eigenvalue weighted by Crippen LogP contribution is -2.55. The summed E-state index contributed by atoms with van der Waals surface area (Å²) in [7, 11) is 0. The molecule has 2 aliphatic heterocycles. The average molecular weight is 404 g/mol. The number of piperidine rings is 1. The molecule has 1 atom stereocenters. The van der Waals surface area contributed by atoms with Crippen LogP contribution in [0, 0.1) is 0 Å². The molecule has 8 nitrogen and oxygen atoms in total. The SMILES string of the molecule is CCN(CC)C(=O)[C@H]1Cn2ccnc2C2(CCN(C(=O)c3cscn3)CC2)O1. The molecule has 150 valence electrons. The zero-order valence-corrected chi connectivity index (χ0v) is 17.0. The lowest BCUT2D eigenvalue weighted by Gasteiger charge is -2.46. The first-order valence-corrected chi connectivity index (χ1v) is 10.7. The van der Waals surface area contributed by atoms with Crippen molar-refractivity contribution in [3.63, 3.8) is 0 Å². The number of nitrogens with zero attached hydrogens (tertiary/aromatic N) is 5. The Morgan fingerprint density at radius 1 is 1.29 bits per heavy atom. The number of imidazole rings is 1. The van der Waals surface area contributed by atoms with Gasteiger partial charge in [-0.05, 0) is 13.8 Å². The topological polar surface area (TPSA) is 80.6 Å². The number of fused-ring (bicyclic) bond motifs is 2. The second kappa shape index (κ2) is 7.63. The van der Waals surface area contributed by atoms with Crippen LogP contribution in [-0.2, 0) is 21.7 Å². The van der Waals surface area contributed by atoms with Crippen molar-refractivity contribution in [1.29, 1.82) is 0 Å². The van der Waals surface area contributed by atoms with Crippen LogP contribution in [0.1, 0.15) is 43.0 Å². The quantitative estimate of drug-likeness (QED) is 0.777. The first-order valence-electron chi connectivity index (χ1n) is 9.73. The van der Waals surface area contributed by atoms with Crippen molar-refractivity contribution < 1.29 is 14.3 Å². The first kappa shape index (κ1) is 19.1. The molecule has 0 saturated carbocycles. The van der Waals surface area contributed by atoms with Crippen molar-refractivity contribution in [2.24, 2.45) is 0 Å². The number of likely N-dealkylation sites (tertiary alicyclic amines) is 1. The van der Waals surface area contributed by atoms with E-state index in [1.54, 1.807) is 22.0 Å². The lowest BCUT2D eigenvalue weighted by molar-refractivity contribution is -0.179. The van der Waals surface area contributed by atoms with Crippen LogP contribution >= 0.6 is 11.3 Å². The summed E-state index contributed by atoms with van der Waals surface area (Å²) in [6.07, 6.45) is 4.37. The summed E-state index contributed by atoms with van der Waals surface area (Å²) in [5.41, 5.74) is 1.53. The molecule has 1 saturated heterocycles. The van der Waals surface area contributed by atoms with Crippen molar-refractivity contribution in [3.05, 3.63) is 34.8 Å². The van der Waals surface area contributed by atoms with E-state index in [-0.39, 0.29) is 11.8 Å². The Labute approximate surface area is 168 Å². The number of carbonyl (C=O) groups is 2. The predicted octanol–water partition coefficient (Wildman–Crippen LogP) is 1.74. The van der Waals surface area contributed by atoms with Gasteiger partial charge in [-0.15, -0.1) is 11.3 Å². The molecule has 0 unspecified atom stereocenters. The van der Waals surface area contributed by atoms with Gasteiger partial charge in [-0.25, -0.2) is 9.97 Å². The molecule has 0 bridgehead atoms. The van der Waals surface area contributed by atoms with E-state index < -0.39 is 11.7 Å². The number of hydrogen-bond acceptors (Lipinski definition) is 6. The minimum atomic E-state index is -0.631. The van der Waals surface area contributed by atoms with E-state index in [1.807, 2.05) is 29.5 Å². The molecule has 0 N–H and O–H groups in total. The number of carbonyl (C=O) groups excluding carboxylic acids is 2. The smallest absolute Gasteiger partial charge is 0.273 e. The molecule has 2 amide bonds. The standard InChI is InChI=1S/C19H25N5O3S/c1-3-22(4-2)17(26)15-11-24-10-7-20-18(24)19(27-15)5-8-23(9-6-19)16(25)14-12-28-13-21-14/h7,10,12-13,15H,3-6,8-9,11H2,1-2H3/t15-/m1/s1. The summed E-state index contributed by atoms with van der Waals surface area (Å²) in [6.45, 7) is 6.86. The van der Waals surface area contributed by atoms with E-state index in [4.69, 9.17) is 4.74 Å². The van der Waals surface area contributed by atoms with Crippen LogP contribution in [0.25, 0.3) is 0 Å². The van der Waals surface area contributed by atoms with Crippen LogP contribution in [-0.4, -0.2) is 68.4 Å². The average Bonchev–Trinajstić information content (AvgIpc) is 3.41. The van der Waals surface area contributed by atoms with Crippen molar-refractivity contribution in [1.82, 2.24) is 24.3 Å². The van der Waals surface area contributed by atoms with E-state index in [1.165, 1.54) is 11.3 Å². The van der Waals surface area contributed by atoms with Crippen LogP contribution in [0.4, 0.5) is 0 Å². The van der Waals surface area contributed by atoms with E-state index in [0.29, 0.717) is 51.3 Å². The summed E-state index contributed by atoms with van der Waals surface area (Å²) < 4.78 is 8.47. The molecule has 28 heavy (non-hydrogen) atoms. The Morgan fingerprint density at radius 3 is 2.68 bits per heavy atom. The van der Waals surface area contributed by atoms with Gasteiger partial charge in [0, 0.05) is 56.8 Å². The summed E-state index contributed by atoms with van der Waals surface area (Å²) >= 11 is 1.42. The Hall–Kier alpha value is -2.26. The number of likely N-dealkylation sites (N-methyl/N-ethyl adjacent to an activating group) is 1. The molecule has 0 radical (unpaired) electrons. The Balaban J connectivity index is 1.54. The first-order chi connectivity index (χ1) is 13.6. The molecular formula is C19H25N5O3S. The van der Waals surface area contributed by atoms with Crippen molar-refractivity contribution >= 4 is 23.2 Å². The van der Waals surface area contributed by atoms with Crippen LogP contribution < -0.4 is 0 Å². The molecule has 2 aromatic rings. The number of ether oxygens (including phenoxy) is 1. The molecular weight excluding hydrogens is 378 g/mol. The molecule has 9 heteroatoms. The minimum absolute atomic E-state index is 0.0182. The maximum atomic E-state index is 12.9. The zero-order valence-electron chi connectivity index (χ0n) is 16.2. The number of hydrogen-bond donors (Lipinski definition) is 0. The Bertz CT molecular complexity index is 838. The fourth-order valence-corrected chi connectivity index (χ4v) is 4.68. The summed E-state index contributed by atoms with van der Waals surface area (Å²) in [6, 6.07) is 0. The third kappa shape index (κ3) is 3.22. The highest BCUT2D eigenvalue weighted by molar-refractivity contribution is 7.07. The monoisotopic (exact) mass is 403 g/mol. The van der Waals surface area contributed by atoms with E-state index >= 15 is 0 Å². The maximum absolute atomic E-state index is 12.9. The molecule has 2 aromatic heterocycles. The van der Waals surface area contributed by atoms with E-state index in [2.05, 4.69) is 9.97 Å². The summed E-state index contributed by atoms with van der Waals surface area (Å²) in [4.78, 5) is 37.8. The van der Waals surface area contributed by atoms with Crippen LogP contribution in [0.5, 0.6) is 0 Å². The van der Waals surface area contributed by atoms with Gasteiger partial charge in [0.05, 0.1) is 12.1 Å². The van der Waals surface area contributed by atoms with Crippen LogP contribution in [0.15, 0.2) is 23.3 Å². The number of rotatable bonds is 4. The van der Waals surface area contributed by atoms with Crippen LogP contribution in [0.2, 0.25) is 0 Å². The second-order valence-corrected chi connectivity index (χ2v) is 7.90. The molecule has 4 rings (SSSR count). The third-order valence-corrected chi connectivity index (χ3v) is 6.30. The summed E-state index contributed by atoms with van der Waals surface area (Å²) in [5, 5.41) is 1.77. The highest BCUT2D eigenvalue weighted by atomic mass is 32.1. The largest absolute Gasteiger partial charge is 0.352 e. The van der Waals surface area contributed by atoms with E-state index in [0.717, 1.165) is 5.82 Å². The molecule has 1 spiro atoms. The third-order valence-electron chi connectivity index (χ3n) is 5.71. The Kier molecular flexibility index (Phi) is 5.20. The lowest BCUT2D eigenvalue weighted by atomic mass is 9.88. The van der Waals surface area contributed by atoms with Gasteiger partial charge in [0.25, 0.3) is 11.8 Å². The minimum Gasteiger partial charge on any atom is -0.352 e. The van der Waals surface area contributed by atoms with Crippen molar-refractivity contribution in [3.8, 4) is 0 Å². The zero-order chi connectivity index (χ0) is 19.7. The Morgan fingerprint density at radius 2 is 2.04 bits per heavy atom. The number of thiazole rings is 1. The highest BCUT2D eigenvalue weighted by Crippen LogP contribution is 2.40. The molecule has 1 fully saturated rings. The molecule has 0 aliphatic carbocycles. The van der Waals surface area contributed by atoms with Gasteiger partial charge in [-0.1, -0.05) is 0 Å². The van der Waals surface area contributed by atoms with E-state index in [9.17, 15) is 9.59 Å². The van der Waals surface area contributed by atoms with Gasteiger partial charge in [-0.2, -0.15) is 0 Å². The van der Waals surface area contributed by atoms with Crippen molar-refractivity contribution in [2.75, 3.05) is 26.2 Å². The van der Waals surface area contributed by atoms with Crippen molar-refractivity contribution in [2.45, 2.75) is 44.9 Å². The fourth-order valence-electron chi connectivity index (χ4n) is 4.16. The second-order valence-electron chi connectivity index (χ2n) is 7.18. The van der Waals surface area contributed by atoms with Crippen LogP contribution in [0.3, 0.4) is 0 Å². The van der Waals surface area contributed by atoms with Gasteiger partial charge >= 0.3 is 0 Å². The fraction of sp³-hybridized carbons (Fsp3) is 0.579. The van der Waals surface area contributed by atoms with Gasteiger partial charge in [0.2, 0.25) is 0 Å². The highest BCUT2D eigenvalue weighted by Gasteiger charge is 2.48. The number of aromatic nitrogens is 3. The normalized spacial score (nSPS) is 20.8. The molecule has 4 heterocycles. The maximum Gasteiger partial charge on any atom is 0.273 e. The molecule has 2 aliphatic rings. The van der Waals surface area contributed by atoms with Gasteiger partial charge in [0.1, 0.15) is 17.1 Å². The molecule has 0 aromatic carbocycles. The van der Waals surface area contributed by atoms with Gasteiger partial charge in [-0.3, -0.25) is 9.59 Å². The summed E-state index contributed by atoms with van der Waals surface area (Å²) in [5.74, 6) is 0.826. The predicted molar refractivity (Wildman–Crippen MR) is 104 cm³/mol. The van der Waals surface area contributed by atoms with Gasteiger partial charge < -0.3 is 19.1 Å². The van der Waals surface area contributed by atoms with Gasteiger partial charge in [0.15, 0.2) is 6.10 Å².